The molecule has 8 heteroatoms. The molecule has 2 rings (SSSR count). The van der Waals surface area contributed by atoms with Crippen molar-refractivity contribution in [3.8, 4) is 0 Å². The molecular weight excluding hydrogens is 386 g/mol. The van der Waals surface area contributed by atoms with Gasteiger partial charge in [-0.05, 0) is 43.0 Å². The maximum Gasteiger partial charge on any atom is 0.427 e. The molecule has 0 heterocycles. The normalized spacial score (nSPS) is 24.1. The number of nitrogens with two attached hydrogens (primary N) is 1. The van der Waals surface area contributed by atoms with Gasteiger partial charge >= 0.3 is 12.1 Å². The predicted octanol–water partition coefficient (Wildman–Crippen LogP) is 4.84. The third-order valence-electron chi connectivity index (χ3n) is 4.94. The van der Waals surface area contributed by atoms with Crippen molar-refractivity contribution in [3.63, 3.8) is 0 Å². The summed E-state index contributed by atoms with van der Waals surface area (Å²) in [5, 5.41) is 8.95. The minimum Gasteiger partial charge on any atom is -0.481 e. The second-order valence-corrected chi connectivity index (χ2v) is 6.69. The highest BCUT2D eigenvalue weighted by atomic mass is 35.5. The Hall–Kier alpha value is -1.86. The zero-order valence-electron chi connectivity index (χ0n) is 15.1. The van der Waals surface area contributed by atoms with Gasteiger partial charge in [-0.3, -0.25) is 4.79 Å². The van der Waals surface area contributed by atoms with E-state index in [0.717, 1.165) is 12.5 Å². The van der Waals surface area contributed by atoms with Gasteiger partial charge in [0.1, 0.15) is 0 Å². The maximum absolute atomic E-state index is 15.4. The first kappa shape index (κ1) is 23.2. The van der Waals surface area contributed by atoms with E-state index < -0.39 is 41.8 Å². The number of carboxylic acids is 1. The summed E-state index contributed by atoms with van der Waals surface area (Å²) in [6.45, 7) is 4.25. The van der Waals surface area contributed by atoms with E-state index in [2.05, 4.69) is 0 Å². The lowest BCUT2D eigenvalue weighted by Gasteiger charge is -2.43. The second kappa shape index (κ2) is 8.02. The van der Waals surface area contributed by atoms with Crippen molar-refractivity contribution in [3.05, 3.63) is 52.6 Å². The molecule has 0 amide bonds. The van der Waals surface area contributed by atoms with Crippen LogP contribution in [0.25, 0.3) is 5.57 Å². The van der Waals surface area contributed by atoms with Gasteiger partial charge in [0.05, 0.1) is 6.42 Å². The van der Waals surface area contributed by atoms with Crippen molar-refractivity contribution in [2.24, 2.45) is 11.7 Å². The van der Waals surface area contributed by atoms with Crippen LogP contribution in [0.15, 0.2) is 41.5 Å². The summed E-state index contributed by atoms with van der Waals surface area (Å²) in [4.78, 5) is 11.0. The highest BCUT2D eigenvalue weighted by molar-refractivity contribution is 5.85. The smallest absolute Gasteiger partial charge is 0.427 e. The lowest BCUT2D eigenvalue weighted by Crippen LogP contribution is -2.56. The van der Waals surface area contributed by atoms with E-state index in [4.69, 9.17) is 10.8 Å². The van der Waals surface area contributed by atoms with Crippen molar-refractivity contribution in [2.75, 3.05) is 0 Å². The average Bonchev–Trinajstić information content (AvgIpc) is 2.50. The number of halogens is 5. The summed E-state index contributed by atoms with van der Waals surface area (Å²) in [7, 11) is 0. The van der Waals surface area contributed by atoms with Gasteiger partial charge in [-0.1, -0.05) is 35.9 Å². The van der Waals surface area contributed by atoms with E-state index in [9.17, 15) is 18.0 Å². The van der Waals surface area contributed by atoms with Crippen molar-refractivity contribution in [2.45, 2.75) is 45.1 Å². The van der Waals surface area contributed by atoms with Gasteiger partial charge in [-0.25, -0.2) is 4.39 Å². The molecule has 3 unspecified atom stereocenters. The molecule has 0 spiro atoms. The topological polar surface area (TPSA) is 63.3 Å². The Kier molecular flexibility index (Phi) is 6.89. The Bertz CT molecular complexity index is 788. The first-order valence-electron chi connectivity index (χ1n) is 8.09. The molecule has 150 valence electrons. The quantitative estimate of drug-likeness (QED) is 0.702. The number of benzene rings is 1. The van der Waals surface area contributed by atoms with E-state index in [1.54, 1.807) is 31.2 Å². The van der Waals surface area contributed by atoms with Crippen LogP contribution in [0, 0.1) is 12.8 Å². The first-order chi connectivity index (χ1) is 11.9. The summed E-state index contributed by atoms with van der Waals surface area (Å²) >= 11 is 0. The summed E-state index contributed by atoms with van der Waals surface area (Å²) in [5.41, 5.74) is 3.56. The Morgan fingerprint density at radius 2 is 1.81 bits per heavy atom. The average molecular weight is 408 g/mol. The molecule has 0 fully saturated rings. The summed E-state index contributed by atoms with van der Waals surface area (Å²) in [6.07, 6.45) is -4.79. The lowest BCUT2D eigenvalue weighted by molar-refractivity contribution is -0.232. The standard InChI is InChI=1S/C19H21F4NO2.ClH/c1-10-6-4-5-7-13(10)14-8-11(2)18(20,19(21,22)23)17(12(14)3)15(24)9-16(25)26;/h4-8,15,17H,9,24H2,1-3H3,(H,25,26);1H. The number of rotatable bonds is 4. The molecule has 0 aromatic heterocycles. The van der Waals surface area contributed by atoms with Crippen LogP contribution in [0.2, 0.25) is 0 Å². The summed E-state index contributed by atoms with van der Waals surface area (Å²) in [6, 6.07) is 5.53. The van der Waals surface area contributed by atoms with Gasteiger partial charge in [0.2, 0.25) is 5.67 Å². The van der Waals surface area contributed by atoms with Crippen molar-refractivity contribution in [1.82, 2.24) is 0 Å². The highest BCUT2D eigenvalue weighted by Gasteiger charge is 2.64. The molecule has 3 nitrogen and oxygen atoms in total. The number of hydrogen-bond acceptors (Lipinski definition) is 2. The molecule has 1 aromatic carbocycles. The fourth-order valence-corrected chi connectivity index (χ4v) is 3.65. The fourth-order valence-electron chi connectivity index (χ4n) is 3.65. The van der Waals surface area contributed by atoms with Crippen LogP contribution in [0.1, 0.15) is 31.4 Å². The van der Waals surface area contributed by atoms with Crippen LogP contribution < -0.4 is 5.73 Å². The van der Waals surface area contributed by atoms with Crippen LogP contribution in [0.3, 0.4) is 0 Å². The number of allylic oxidation sites excluding steroid dienone is 3. The SMILES string of the molecule is CC1=CC(c2ccccc2C)=C(C)C(C(N)CC(=O)O)C1(F)C(F)(F)F.Cl. The largest absolute Gasteiger partial charge is 0.481 e. The van der Waals surface area contributed by atoms with Gasteiger partial charge in [-0.15, -0.1) is 12.4 Å². The second-order valence-electron chi connectivity index (χ2n) is 6.69. The van der Waals surface area contributed by atoms with Crippen molar-refractivity contribution >= 4 is 23.9 Å². The minimum absolute atomic E-state index is 0. The van der Waals surface area contributed by atoms with Crippen LogP contribution in [-0.2, 0) is 4.79 Å². The Morgan fingerprint density at radius 1 is 1.26 bits per heavy atom. The zero-order valence-corrected chi connectivity index (χ0v) is 15.9. The zero-order chi connectivity index (χ0) is 19.9. The molecule has 1 aliphatic rings. The van der Waals surface area contributed by atoms with E-state index in [1.165, 1.54) is 13.0 Å². The molecule has 3 N–H and O–H groups in total. The van der Waals surface area contributed by atoms with E-state index >= 15 is 4.39 Å². The fraction of sp³-hybridized carbons (Fsp3) is 0.421. The van der Waals surface area contributed by atoms with Gasteiger partial charge in [0, 0.05) is 12.0 Å². The van der Waals surface area contributed by atoms with Crippen LogP contribution in [0.5, 0.6) is 0 Å². The van der Waals surface area contributed by atoms with Gasteiger partial charge in [0.25, 0.3) is 0 Å². The number of carbonyl (C=O) groups is 1. The summed E-state index contributed by atoms with van der Waals surface area (Å²) in [5.74, 6) is -3.20. The number of aliphatic carboxylic acids is 1. The first-order valence-corrected chi connectivity index (χ1v) is 8.09. The molecule has 1 aliphatic carbocycles. The molecular formula is C19H22ClF4NO2. The van der Waals surface area contributed by atoms with Crippen molar-refractivity contribution in [1.29, 1.82) is 0 Å². The lowest BCUT2D eigenvalue weighted by atomic mass is 9.68. The van der Waals surface area contributed by atoms with Gasteiger partial charge in [-0.2, -0.15) is 13.2 Å². The molecule has 0 radical (unpaired) electrons. The van der Waals surface area contributed by atoms with E-state index in [1.807, 2.05) is 0 Å². The maximum atomic E-state index is 15.4. The highest BCUT2D eigenvalue weighted by Crippen LogP contribution is 2.53. The number of aryl methyl sites for hydroxylation is 1. The molecule has 1 aromatic rings. The monoisotopic (exact) mass is 407 g/mol. The minimum atomic E-state index is -5.22. The molecule has 3 atom stereocenters. The number of carboxylic acid groups (broad SMARTS) is 1. The van der Waals surface area contributed by atoms with Gasteiger partial charge in [0.15, 0.2) is 0 Å². The predicted molar refractivity (Wildman–Crippen MR) is 98.4 cm³/mol. The van der Waals surface area contributed by atoms with Crippen LogP contribution >= 0.6 is 12.4 Å². The Morgan fingerprint density at radius 3 is 2.30 bits per heavy atom. The molecule has 0 bridgehead atoms. The summed E-state index contributed by atoms with van der Waals surface area (Å²) < 4.78 is 56.4. The van der Waals surface area contributed by atoms with E-state index in [-0.39, 0.29) is 18.0 Å². The Labute approximate surface area is 161 Å². The molecule has 27 heavy (non-hydrogen) atoms. The van der Waals surface area contributed by atoms with Crippen LogP contribution in [-0.4, -0.2) is 29.0 Å². The number of hydrogen-bond donors (Lipinski definition) is 2. The van der Waals surface area contributed by atoms with Crippen molar-refractivity contribution < 1.29 is 27.5 Å². The molecule has 0 saturated heterocycles. The molecule has 0 aliphatic heterocycles. The molecule has 0 saturated carbocycles. The van der Waals surface area contributed by atoms with E-state index in [0.29, 0.717) is 11.1 Å². The third kappa shape index (κ3) is 4.04. The number of alkyl halides is 4. The van der Waals surface area contributed by atoms with Gasteiger partial charge < -0.3 is 10.8 Å². The van der Waals surface area contributed by atoms with Crippen LogP contribution in [0.4, 0.5) is 17.6 Å². The Balaban J connectivity index is 0.00000364. The third-order valence-corrected chi connectivity index (χ3v) is 4.94.